The van der Waals surface area contributed by atoms with Crippen molar-refractivity contribution in [1.29, 1.82) is 0 Å². The fraction of sp³-hybridized carbons (Fsp3) is 0.269. The molecule has 1 aliphatic rings. The minimum Gasteiger partial charge on any atom is -0.367 e. The van der Waals surface area contributed by atoms with Crippen LogP contribution in [-0.2, 0) is 20.9 Å². The summed E-state index contributed by atoms with van der Waals surface area (Å²) in [4.78, 5) is 25.8. The van der Waals surface area contributed by atoms with Gasteiger partial charge in [-0.1, -0.05) is 42.5 Å². The molecule has 2 aromatic carbocycles. The highest BCUT2D eigenvalue weighted by Crippen LogP contribution is 2.26. The van der Waals surface area contributed by atoms with Gasteiger partial charge in [-0.2, -0.15) is 5.10 Å². The van der Waals surface area contributed by atoms with Crippen molar-refractivity contribution < 1.29 is 14.3 Å². The van der Waals surface area contributed by atoms with Gasteiger partial charge in [0.25, 0.3) is 0 Å². The average Bonchev–Trinajstić information content (AvgIpc) is 3.22. The lowest BCUT2D eigenvalue weighted by Crippen LogP contribution is -2.50. The number of aromatic nitrogens is 2. The number of primary amides is 1. The van der Waals surface area contributed by atoms with E-state index in [1.54, 1.807) is 11.0 Å². The van der Waals surface area contributed by atoms with E-state index in [2.05, 4.69) is 44.2 Å². The van der Waals surface area contributed by atoms with Gasteiger partial charge in [0, 0.05) is 29.9 Å². The van der Waals surface area contributed by atoms with Gasteiger partial charge in [-0.15, -0.1) is 0 Å². The van der Waals surface area contributed by atoms with Crippen molar-refractivity contribution in [2.45, 2.75) is 26.5 Å². The monoisotopic (exact) mass is 444 g/mol. The standard InChI is InChI=1S/C26H28N4O3/c1-18-8-9-21(14-19(18)2)25-22(16-30(28-25)15-20-6-4-3-5-7-20)10-11-24(31)29-12-13-33-23(17-29)26(27)32/h3-11,14,16,23H,12-13,15,17H2,1-2H3,(H2,27,32). The molecule has 0 spiro atoms. The highest BCUT2D eigenvalue weighted by molar-refractivity contribution is 5.93. The third-order valence-electron chi connectivity index (χ3n) is 5.86. The summed E-state index contributed by atoms with van der Waals surface area (Å²) in [5.74, 6) is -0.748. The summed E-state index contributed by atoms with van der Waals surface area (Å²) in [5, 5.41) is 4.83. The zero-order valence-electron chi connectivity index (χ0n) is 18.9. The van der Waals surface area contributed by atoms with Gasteiger partial charge in [-0.05, 0) is 42.7 Å². The van der Waals surface area contributed by atoms with Crippen molar-refractivity contribution in [1.82, 2.24) is 14.7 Å². The Balaban J connectivity index is 1.61. The molecule has 7 heteroatoms. The number of amides is 2. The Bertz CT molecular complexity index is 1180. The molecule has 170 valence electrons. The second-order valence-electron chi connectivity index (χ2n) is 8.29. The predicted octanol–water partition coefficient (Wildman–Crippen LogP) is 2.94. The fourth-order valence-corrected chi connectivity index (χ4v) is 3.81. The first-order chi connectivity index (χ1) is 15.9. The maximum absolute atomic E-state index is 12.8. The maximum atomic E-state index is 12.8. The Morgan fingerprint density at radius 2 is 1.94 bits per heavy atom. The third kappa shape index (κ3) is 5.38. The van der Waals surface area contributed by atoms with Crippen LogP contribution in [0.1, 0.15) is 22.3 Å². The Morgan fingerprint density at radius 3 is 2.67 bits per heavy atom. The molecule has 7 nitrogen and oxygen atoms in total. The molecule has 0 bridgehead atoms. The molecule has 1 saturated heterocycles. The molecule has 2 amide bonds. The number of hydrogen-bond acceptors (Lipinski definition) is 4. The van der Waals surface area contributed by atoms with Crippen molar-refractivity contribution in [2.24, 2.45) is 5.73 Å². The molecule has 4 rings (SSSR count). The average molecular weight is 445 g/mol. The molecule has 0 radical (unpaired) electrons. The second kappa shape index (κ2) is 9.83. The Kier molecular flexibility index (Phi) is 6.70. The number of morpholine rings is 1. The quantitative estimate of drug-likeness (QED) is 0.592. The number of rotatable bonds is 6. The van der Waals surface area contributed by atoms with Crippen LogP contribution < -0.4 is 5.73 Å². The van der Waals surface area contributed by atoms with Crippen molar-refractivity contribution in [3.05, 3.63) is 83.1 Å². The number of aryl methyl sites for hydroxylation is 2. The van der Waals surface area contributed by atoms with Gasteiger partial charge in [0.05, 0.1) is 25.4 Å². The summed E-state index contributed by atoms with van der Waals surface area (Å²) >= 11 is 0. The SMILES string of the molecule is Cc1ccc(-c2nn(Cc3ccccc3)cc2C=CC(=O)N2CCOC(C(N)=O)C2)cc1C. The molecule has 1 fully saturated rings. The zero-order valence-corrected chi connectivity index (χ0v) is 18.9. The number of nitrogens with two attached hydrogens (primary N) is 1. The molecule has 1 aliphatic heterocycles. The van der Waals surface area contributed by atoms with Crippen molar-refractivity contribution in [3.63, 3.8) is 0 Å². The highest BCUT2D eigenvalue weighted by atomic mass is 16.5. The third-order valence-corrected chi connectivity index (χ3v) is 5.86. The van der Waals surface area contributed by atoms with Gasteiger partial charge < -0.3 is 15.4 Å². The van der Waals surface area contributed by atoms with Crippen LogP contribution in [0.2, 0.25) is 0 Å². The van der Waals surface area contributed by atoms with Gasteiger partial charge in [0.1, 0.15) is 0 Å². The van der Waals surface area contributed by atoms with E-state index < -0.39 is 12.0 Å². The molecular weight excluding hydrogens is 416 g/mol. The second-order valence-corrected chi connectivity index (χ2v) is 8.29. The Hall–Kier alpha value is -3.71. The summed E-state index contributed by atoms with van der Waals surface area (Å²) in [6, 6.07) is 16.4. The molecule has 2 N–H and O–H groups in total. The van der Waals surface area contributed by atoms with Crippen LogP contribution >= 0.6 is 0 Å². The molecular formula is C26H28N4O3. The molecule has 1 unspecified atom stereocenters. The van der Waals surface area contributed by atoms with E-state index in [0.717, 1.165) is 22.4 Å². The number of nitrogens with zero attached hydrogens (tertiary/aromatic N) is 3. The maximum Gasteiger partial charge on any atom is 0.248 e. The molecule has 33 heavy (non-hydrogen) atoms. The zero-order chi connectivity index (χ0) is 23.4. The number of carbonyl (C=O) groups excluding carboxylic acids is 2. The van der Waals surface area contributed by atoms with Crippen molar-refractivity contribution in [2.75, 3.05) is 19.7 Å². The Labute approximate surface area is 193 Å². The summed E-state index contributed by atoms with van der Waals surface area (Å²) < 4.78 is 7.23. The molecule has 1 aromatic heterocycles. The van der Waals surface area contributed by atoms with Crippen LogP contribution in [0, 0.1) is 13.8 Å². The number of benzene rings is 2. The molecule has 0 saturated carbocycles. The van der Waals surface area contributed by atoms with E-state index in [1.807, 2.05) is 29.1 Å². The van der Waals surface area contributed by atoms with E-state index >= 15 is 0 Å². The van der Waals surface area contributed by atoms with Gasteiger partial charge >= 0.3 is 0 Å². The van der Waals surface area contributed by atoms with Crippen LogP contribution in [0.25, 0.3) is 17.3 Å². The molecule has 0 aliphatic carbocycles. The van der Waals surface area contributed by atoms with E-state index in [0.29, 0.717) is 13.1 Å². The topological polar surface area (TPSA) is 90.4 Å². The van der Waals surface area contributed by atoms with E-state index in [9.17, 15) is 9.59 Å². The number of carbonyl (C=O) groups is 2. The summed E-state index contributed by atoms with van der Waals surface area (Å²) in [5.41, 5.74) is 11.5. The van der Waals surface area contributed by atoms with Gasteiger partial charge in [0.15, 0.2) is 6.10 Å². The fourth-order valence-electron chi connectivity index (χ4n) is 3.81. The number of hydrogen-bond donors (Lipinski definition) is 1. The lowest BCUT2D eigenvalue weighted by molar-refractivity contribution is -0.142. The Morgan fingerprint density at radius 1 is 1.15 bits per heavy atom. The lowest BCUT2D eigenvalue weighted by atomic mass is 10.0. The highest BCUT2D eigenvalue weighted by Gasteiger charge is 2.26. The summed E-state index contributed by atoms with van der Waals surface area (Å²) in [6.45, 7) is 5.65. The number of ether oxygens (including phenoxy) is 1. The van der Waals surface area contributed by atoms with E-state index in [4.69, 9.17) is 15.6 Å². The van der Waals surface area contributed by atoms with Crippen LogP contribution in [0.5, 0.6) is 0 Å². The summed E-state index contributed by atoms with van der Waals surface area (Å²) in [6.07, 6.45) is 4.50. The molecule has 2 heterocycles. The first-order valence-corrected chi connectivity index (χ1v) is 11.0. The van der Waals surface area contributed by atoms with E-state index in [-0.39, 0.29) is 19.1 Å². The van der Waals surface area contributed by atoms with Crippen LogP contribution in [-0.4, -0.2) is 52.3 Å². The largest absolute Gasteiger partial charge is 0.367 e. The van der Waals surface area contributed by atoms with Crippen LogP contribution in [0.15, 0.2) is 60.8 Å². The predicted molar refractivity (Wildman–Crippen MR) is 127 cm³/mol. The van der Waals surface area contributed by atoms with Crippen molar-refractivity contribution >= 4 is 17.9 Å². The normalized spacial score (nSPS) is 16.3. The summed E-state index contributed by atoms with van der Waals surface area (Å²) in [7, 11) is 0. The van der Waals surface area contributed by atoms with Gasteiger partial charge in [0.2, 0.25) is 11.8 Å². The van der Waals surface area contributed by atoms with Crippen molar-refractivity contribution in [3.8, 4) is 11.3 Å². The molecule has 1 atom stereocenters. The van der Waals surface area contributed by atoms with Gasteiger partial charge in [-0.3, -0.25) is 14.3 Å². The minimum atomic E-state index is -0.768. The minimum absolute atomic E-state index is 0.162. The van der Waals surface area contributed by atoms with Gasteiger partial charge in [-0.25, -0.2) is 0 Å². The lowest BCUT2D eigenvalue weighted by Gasteiger charge is -2.30. The first kappa shape index (κ1) is 22.5. The smallest absolute Gasteiger partial charge is 0.248 e. The van der Waals surface area contributed by atoms with Crippen LogP contribution in [0.3, 0.4) is 0 Å². The first-order valence-electron chi connectivity index (χ1n) is 11.0. The van der Waals surface area contributed by atoms with Crippen LogP contribution in [0.4, 0.5) is 0 Å². The van der Waals surface area contributed by atoms with E-state index in [1.165, 1.54) is 17.2 Å². The molecule has 3 aromatic rings.